The number of benzene rings is 2. The van der Waals surface area contributed by atoms with Crippen LogP contribution in [0.15, 0.2) is 54.6 Å². The maximum Gasteiger partial charge on any atom is 0.305 e. The maximum atomic E-state index is 12.7. The lowest BCUT2D eigenvalue weighted by Crippen LogP contribution is -2.37. The van der Waals surface area contributed by atoms with Crippen molar-refractivity contribution in [2.75, 3.05) is 25.1 Å². The summed E-state index contributed by atoms with van der Waals surface area (Å²) >= 11 is 0. The number of nitrogens with one attached hydrogen (secondary N) is 1. The Morgan fingerprint density at radius 3 is 2.41 bits per heavy atom. The van der Waals surface area contributed by atoms with Gasteiger partial charge in [0.25, 0.3) is 5.91 Å². The van der Waals surface area contributed by atoms with Gasteiger partial charge in [0, 0.05) is 17.8 Å². The highest BCUT2D eigenvalue weighted by Gasteiger charge is 2.16. The normalized spacial score (nSPS) is 10.3. The van der Waals surface area contributed by atoms with Crippen LogP contribution in [0.1, 0.15) is 36.5 Å². The van der Waals surface area contributed by atoms with Crippen LogP contribution < -0.4 is 10.1 Å². The van der Waals surface area contributed by atoms with Gasteiger partial charge < -0.3 is 20.1 Å². The molecule has 0 bridgehead atoms. The molecule has 0 radical (unpaired) electrons. The molecule has 2 N–H and O–H groups in total. The summed E-state index contributed by atoms with van der Waals surface area (Å²) in [5, 5.41) is 12.1. The Labute approximate surface area is 159 Å². The molecule has 0 aliphatic rings. The van der Waals surface area contributed by atoms with Crippen LogP contribution in [0, 0.1) is 0 Å². The third-order valence-corrected chi connectivity index (χ3v) is 4.00. The monoisotopic (exact) mass is 370 g/mol. The Kier molecular flexibility index (Phi) is 8.16. The Balaban J connectivity index is 1.96. The Morgan fingerprint density at radius 2 is 1.78 bits per heavy atom. The van der Waals surface area contributed by atoms with E-state index in [1.807, 2.05) is 30.3 Å². The van der Waals surface area contributed by atoms with E-state index in [-0.39, 0.29) is 25.5 Å². The lowest BCUT2D eigenvalue weighted by Gasteiger charge is -2.23. The zero-order valence-corrected chi connectivity index (χ0v) is 15.6. The van der Waals surface area contributed by atoms with Crippen LogP contribution in [-0.2, 0) is 4.79 Å². The molecule has 0 saturated carbocycles. The smallest absolute Gasteiger partial charge is 0.305 e. The molecule has 2 aromatic rings. The topological polar surface area (TPSA) is 78.9 Å². The van der Waals surface area contributed by atoms with Crippen molar-refractivity contribution in [1.29, 1.82) is 0 Å². The number of aliphatic carboxylic acids is 1. The summed E-state index contributed by atoms with van der Waals surface area (Å²) in [5.74, 6) is -0.338. The highest BCUT2D eigenvalue weighted by molar-refractivity contribution is 5.94. The van der Waals surface area contributed by atoms with Gasteiger partial charge in [0.1, 0.15) is 5.75 Å². The van der Waals surface area contributed by atoms with E-state index in [2.05, 4.69) is 12.2 Å². The van der Waals surface area contributed by atoms with Crippen molar-refractivity contribution in [3.05, 3.63) is 60.2 Å². The van der Waals surface area contributed by atoms with Crippen molar-refractivity contribution in [1.82, 2.24) is 4.90 Å². The predicted octanol–water partition coefficient (Wildman–Crippen LogP) is 3.85. The summed E-state index contributed by atoms with van der Waals surface area (Å²) in [5.41, 5.74) is 1.36. The van der Waals surface area contributed by atoms with Crippen LogP contribution in [0.4, 0.5) is 5.69 Å². The SMILES string of the molecule is CCCCOc1ccc(NCN(CCC(=O)O)C(=O)c2ccccc2)cc1. The van der Waals surface area contributed by atoms with Gasteiger partial charge in [-0.05, 0) is 42.8 Å². The van der Waals surface area contributed by atoms with E-state index in [0.717, 1.165) is 24.3 Å². The van der Waals surface area contributed by atoms with Crippen molar-refractivity contribution in [3.63, 3.8) is 0 Å². The molecular formula is C21H26N2O4. The Morgan fingerprint density at radius 1 is 1.07 bits per heavy atom. The molecule has 0 aromatic heterocycles. The fourth-order valence-corrected chi connectivity index (χ4v) is 2.44. The van der Waals surface area contributed by atoms with Gasteiger partial charge >= 0.3 is 5.97 Å². The minimum Gasteiger partial charge on any atom is -0.494 e. The fraction of sp³-hybridized carbons (Fsp3) is 0.333. The van der Waals surface area contributed by atoms with Crippen LogP contribution in [0.25, 0.3) is 0 Å². The van der Waals surface area contributed by atoms with E-state index in [9.17, 15) is 9.59 Å². The second kappa shape index (κ2) is 10.9. The lowest BCUT2D eigenvalue weighted by atomic mass is 10.2. The molecule has 0 fully saturated rings. The average Bonchev–Trinajstić information content (AvgIpc) is 2.69. The summed E-state index contributed by atoms with van der Waals surface area (Å²) in [6, 6.07) is 16.4. The second-order valence-electron chi connectivity index (χ2n) is 6.14. The molecule has 0 heterocycles. The lowest BCUT2D eigenvalue weighted by molar-refractivity contribution is -0.137. The van der Waals surface area contributed by atoms with Crippen molar-refractivity contribution >= 4 is 17.6 Å². The third-order valence-electron chi connectivity index (χ3n) is 4.00. The van der Waals surface area contributed by atoms with Crippen molar-refractivity contribution in [3.8, 4) is 5.75 Å². The van der Waals surface area contributed by atoms with Gasteiger partial charge in [-0.2, -0.15) is 0 Å². The van der Waals surface area contributed by atoms with E-state index in [1.54, 1.807) is 24.3 Å². The van der Waals surface area contributed by atoms with E-state index < -0.39 is 5.97 Å². The molecule has 2 aromatic carbocycles. The summed E-state index contributed by atoms with van der Waals surface area (Å²) in [6.07, 6.45) is 1.99. The highest BCUT2D eigenvalue weighted by atomic mass is 16.5. The molecule has 0 spiro atoms. The van der Waals surface area contributed by atoms with Gasteiger partial charge in [0.05, 0.1) is 19.7 Å². The van der Waals surface area contributed by atoms with Crippen molar-refractivity contribution < 1.29 is 19.4 Å². The summed E-state index contributed by atoms with van der Waals surface area (Å²) in [7, 11) is 0. The second-order valence-corrected chi connectivity index (χ2v) is 6.14. The number of hydrogen-bond acceptors (Lipinski definition) is 4. The number of anilines is 1. The number of ether oxygens (including phenoxy) is 1. The largest absolute Gasteiger partial charge is 0.494 e. The molecule has 0 atom stereocenters. The van der Waals surface area contributed by atoms with Crippen molar-refractivity contribution in [2.24, 2.45) is 0 Å². The fourth-order valence-electron chi connectivity index (χ4n) is 2.44. The number of nitrogens with zero attached hydrogens (tertiary/aromatic N) is 1. The number of carboxylic acid groups (broad SMARTS) is 1. The van der Waals surface area contributed by atoms with E-state index >= 15 is 0 Å². The first-order valence-electron chi connectivity index (χ1n) is 9.13. The van der Waals surface area contributed by atoms with Gasteiger partial charge in [-0.15, -0.1) is 0 Å². The molecule has 0 aliphatic heterocycles. The van der Waals surface area contributed by atoms with Crippen LogP contribution in [-0.4, -0.2) is 41.7 Å². The minimum atomic E-state index is -0.936. The maximum absolute atomic E-state index is 12.7. The summed E-state index contributed by atoms with van der Waals surface area (Å²) in [6.45, 7) is 3.16. The van der Waals surface area contributed by atoms with Gasteiger partial charge in [0.2, 0.25) is 0 Å². The predicted molar refractivity (Wildman–Crippen MR) is 105 cm³/mol. The average molecular weight is 370 g/mol. The number of hydrogen-bond donors (Lipinski definition) is 2. The molecule has 0 saturated heterocycles. The minimum absolute atomic E-state index is 0.107. The summed E-state index contributed by atoms with van der Waals surface area (Å²) in [4.78, 5) is 25.1. The van der Waals surface area contributed by atoms with Crippen molar-refractivity contribution in [2.45, 2.75) is 26.2 Å². The van der Waals surface area contributed by atoms with Gasteiger partial charge in [-0.3, -0.25) is 9.59 Å². The Hall–Kier alpha value is -3.02. The first-order valence-corrected chi connectivity index (χ1v) is 9.13. The van der Waals surface area contributed by atoms with Crippen LogP contribution >= 0.6 is 0 Å². The molecule has 2 rings (SSSR count). The zero-order valence-electron chi connectivity index (χ0n) is 15.6. The van der Waals surface area contributed by atoms with Gasteiger partial charge in [-0.1, -0.05) is 31.5 Å². The first kappa shape index (κ1) is 20.3. The molecule has 0 unspecified atom stereocenters. The third kappa shape index (κ3) is 7.01. The number of carboxylic acids is 1. The molecular weight excluding hydrogens is 344 g/mol. The van der Waals surface area contributed by atoms with Crippen LogP contribution in [0.5, 0.6) is 5.75 Å². The number of amides is 1. The number of rotatable bonds is 11. The number of carbonyl (C=O) groups excluding carboxylic acids is 1. The molecule has 144 valence electrons. The molecule has 6 heteroatoms. The zero-order chi connectivity index (χ0) is 19.5. The van der Waals surface area contributed by atoms with Gasteiger partial charge in [-0.25, -0.2) is 0 Å². The highest BCUT2D eigenvalue weighted by Crippen LogP contribution is 2.16. The molecule has 27 heavy (non-hydrogen) atoms. The van der Waals surface area contributed by atoms with Crippen LogP contribution in [0.2, 0.25) is 0 Å². The van der Waals surface area contributed by atoms with E-state index in [0.29, 0.717) is 12.2 Å². The molecule has 6 nitrogen and oxygen atoms in total. The quantitative estimate of drug-likeness (QED) is 0.464. The molecule has 1 amide bonds. The number of carbonyl (C=O) groups is 2. The van der Waals surface area contributed by atoms with E-state index in [4.69, 9.17) is 9.84 Å². The molecule has 0 aliphatic carbocycles. The summed E-state index contributed by atoms with van der Waals surface area (Å²) < 4.78 is 5.63. The van der Waals surface area contributed by atoms with Gasteiger partial charge in [0.15, 0.2) is 0 Å². The Bertz CT molecular complexity index is 717. The standard InChI is InChI=1S/C21H26N2O4/c1-2-3-15-27-19-11-9-18(10-12-19)22-16-23(14-13-20(24)25)21(26)17-7-5-4-6-8-17/h4-12,22H,2-3,13-16H2,1H3,(H,24,25). The van der Waals surface area contributed by atoms with E-state index in [1.165, 1.54) is 4.90 Å². The van der Waals surface area contributed by atoms with Crippen LogP contribution in [0.3, 0.4) is 0 Å². The first-order chi connectivity index (χ1) is 13.1. The number of unbranched alkanes of at least 4 members (excludes halogenated alkanes) is 1.